The van der Waals surface area contributed by atoms with Crippen LogP contribution in [0.4, 0.5) is 0 Å². The van der Waals surface area contributed by atoms with Gasteiger partial charge in [0.2, 0.25) is 10.0 Å². The Hall–Kier alpha value is -1.05. The van der Waals surface area contributed by atoms with Crippen LogP contribution in [0, 0.1) is 0 Å². The number of sulfonamides is 1. The third-order valence-electron chi connectivity index (χ3n) is 3.14. The van der Waals surface area contributed by atoms with E-state index in [0.29, 0.717) is 5.69 Å². The number of nitrogens with zero attached hydrogens (tertiary/aromatic N) is 2. The first-order valence-corrected chi connectivity index (χ1v) is 7.62. The molecule has 18 heavy (non-hydrogen) atoms. The van der Waals surface area contributed by atoms with Crippen LogP contribution in [0.2, 0.25) is 0 Å². The van der Waals surface area contributed by atoms with Crippen molar-refractivity contribution in [2.24, 2.45) is 0 Å². The number of rotatable bonds is 4. The fourth-order valence-corrected chi connectivity index (χ4v) is 3.30. The Morgan fingerprint density at radius 2 is 2.11 bits per heavy atom. The summed E-state index contributed by atoms with van der Waals surface area (Å²) in [7, 11) is -3.39. The van der Waals surface area contributed by atoms with Gasteiger partial charge < -0.3 is 5.32 Å². The normalized spacial score (nSPS) is 19.6. The van der Waals surface area contributed by atoms with E-state index in [0.717, 1.165) is 25.9 Å². The Balaban J connectivity index is 2.06. The van der Waals surface area contributed by atoms with Crippen molar-refractivity contribution in [2.45, 2.75) is 31.1 Å². The van der Waals surface area contributed by atoms with E-state index in [-0.39, 0.29) is 6.04 Å². The molecule has 1 aliphatic rings. The van der Waals surface area contributed by atoms with Crippen molar-refractivity contribution in [1.29, 1.82) is 0 Å². The zero-order valence-corrected chi connectivity index (χ0v) is 11.2. The minimum absolute atomic E-state index is 0.0235. The van der Waals surface area contributed by atoms with Gasteiger partial charge in [-0.2, -0.15) is 0 Å². The molecule has 2 N–H and O–H groups in total. The lowest BCUT2D eigenvalue weighted by Gasteiger charge is -2.25. The van der Waals surface area contributed by atoms with E-state index in [1.54, 1.807) is 6.92 Å². The second-order valence-corrected chi connectivity index (χ2v) is 6.49. The molecular formula is C11H18N4O2S. The Morgan fingerprint density at radius 3 is 2.72 bits per heavy atom. The summed E-state index contributed by atoms with van der Waals surface area (Å²) < 4.78 is 27.2. The molecule has 0 radical (unpaired) electrons. The lowest BCUT2D eigenvalue weighted by atomic mass is 10.1. The van der Waals surface area contributed by atoms with E-state index in [1.807, 2.05) is 0 Å². The Kier molecular flexibility index (Phi) is 4.26. The van der Waals surface area contributed by atoms with Gasteiger partial charge in [0.15, 0.2) is 0 Å². The van der Waals surface area contributed by atoms with Gasteiger partial charge in [-0.25, -0.2) is 13.1 Å². The fraction of sp³-hybridized carbons (Fsp3) is 0.636. The van der Waals surface area contributed by atoms with Crippen molar-refractivity contribution < 1.29 is 8.42 Å². The molecule has 7 heteroatoms. The Morgan fingerprint density at radius 1 is 1.39 bits per heavy atom. The third-order valence-corrected chi connectivity index (χ3v) is 4.97. The van der Waals surface area contributed by atoms with Gasteiger partial charge in [0, 0.05) is 24.6 Å². The molecule has 0 spiro atoms. The molecule has 100 valence electrons. The minimum atomic E-state index is -3.39. The molecule has 1 aromatic heterocycles. The van der Waals surface area contributed by atoms with Gasteiger partial charge >= 0.3 is 0 Å². The molecule has 0 aliphatic carbocycles. The SMILES string of the molecule is CC(c1cnccn1)S(=O)(=O)NC1CCNCC1. The van der Waals surface area contributed by atoms with E-state index < -0.39 is 15.3 Å². The first kappa shape index (κ1) is 13.4. The molecule has 0 bridgehead atoms. The highest BCUT2D eigenvalue weighted by atomic mass is 32.2. The van der Waals surface area contributed by atoms with Crippen LogP contribution in [-0.2, 0) is 10.0 Å². The number of nitrogens with one attached hydrogen (secondary N) is 2. The topological polar surface area (TPSA) is 84.0 Å². The quantitative estimate of drug-likeness (QED) is 0.817. The van der Waals surface area contributed by atoms with E-state index in [4.69, 9.17) is 0 Å². The maximum atomic E-state index is 12.2. The zero-order chi connectivity index (χ0) is 13.0. The summed E-state index contributed by atoms with van der Waals surface area (Å²) in [6.07, 6.45) is 6.18. The summed E-state index contributed by atoms with van der Waals surface area (Å²) in [5.41, 5.74) is 0.471. The van der Waals surface area contributed by atoms with E-state index in [1.165, 1.54) is 18.6 Å². The number of aromatic nitrogens is 2. The molecular weight excluding hydrogens is 252 g/mol. The number of hydrogen-bond donors (Lipinski definition) is 2. The van der Waals surface area contributed by atoms with Crippen LogP contribution in [0.25, 0.3) is 0 Å². The van der Waals surface area contributed by atoms with E-state index in [2.05, 4.69) is 20.0 Å². The lowest BCUT2D eigenvalue weighted by Crippen LogP contribution is -2.43. The largest absolute Gasteiger partial charge is 0.317 e. The van der Waals surface area contributed by atoms with Crippen LogP contribution < -0.4 is 10.0 Å². The van der Waals surface area contributed by atoms with Gasteiger partial charge in [-0.05, 0) is 32.9 Å². The maximum absolute atomic E-state index is 12.2. The average molecular weight is 270 g/mol. The standard InChI is InChI=1S/C11H18N4O2S/c1-9(11-8-13-6-7-14-11)18(16,17)15-10-2-4-12-5-3-10/h6-10,12,15H,2-5H2,1H3. The molecule has 0 amide bonds. The molecule has 1 unspecified atom stereocenters. The summed E-state index contributed by atoms with van der Waals surface area (Å²) >= 11 is 0. The van der Waals surface area contributed by atoms with Gasteiger partial charge in [-0.3, -0.25) is 9.97 Å². The fourth-order valence-electron chi connectivity index (χ4n) is 1.95. The highest BCUT2D eigenvalue weighted by molar-refractivity contribution is 7.89. The molecule has 2 rings (SSSR count). The molecule has 6 nitrogen and oxygen atoms in total. The second kappa shape index (κ2) is 5.73. The maximum Gasteiger partial charge on any atom is 0.220 e. The van der Waals surface area contributed by atoms with Crippen LogP contribution in [0.3, 0.4) is 0 Å². The van der Waals surface area contributed by atoms with Crippen molar-refractivity contribution >= 4 is 10.0 Å². The van der Waals surface area contributed by atoms with Gasteiger partial charge in [0.25, 0.3) is 0 Å². The predicted octanol–water partition coefficient (Wildman–Crippen LogP) is 0.209. The Labute approximate surface area is 107 Å². The summed E-state index contributed by atoms with van der Waals surface area (Å²) in [6.45, 7) is 3.34. The predicted molar refractivity (Wildman–Crippen MR) is 68.4 cm³/mol. The summed E-state index contributed by atoms with van der Waals surface area (Å²) in [4.78, 5) is 7.95. The van der Waals surface area contributed by atoms with Gasteiger partial charge in [-0.1, -0.05) is 0 Å². The van der Waals surface area contributed by atoms with Crippen molar-refractivity contribution in [2.75, 3.05) is 13.1 Å². The summed E-state index contributed by atoms with van der Waals surface area (Å²) in [5.74, 6) is 0. The van der Waals surface area contributed by atoms with Crippen LogP contribution in [-0.4, -0.2) is 37.5 Å². The summed E-state index contributed by atoms with van der Waals surface area (Å²) in [5, 5.41) is 2.52. The molecule has 1 fully saturated rings. The monoisotopic (exact) mass is 270 g/mol. The molecule has 1 aliphatic heterocycles. The highest BCUT2D eigenvalue weighted by Gasteiger charge is 2.27. The van der Waals surface area contributed by atoms with Crippen molar-refractivity contribution in [3.05, 3.63) is 24.3 Å². The zero-order valence-electron chi connectivity index (χ0n) is 10.3. The Bertz CT molecular complexity index is 471. The second-order valence-electron chi connectivity index (χ2n) is 4.46. The first-order valence-electron chi connectivity index (χ1n) is 6.07. The third kappa shape index (κ3) is 3.24. The summed E-state index contributed by atoms with van der Waals surface area (Å²) in [6, 6.07) is 0.0235. The van der Waals surface area contributed by atoms with Crippen molar-refractivity contribution in [3.8, 4) is 0 Å². The van der Waals surface area contributed by atoms with Crippen LogP contribution in [0.1, 0.15) is 30.7 Å². The van der Waals surface area contributed by atoms with Crippen molar-refractivity contribution in [3.63, 3.8) is 0 Å². The molecule has 1 atom stereocenters. The molecule has 2 heterocycles. The van der Waals surface area contributed by atoms with E-state index >= 15 is 0 Å². The number of hydrogen-bond acceptors (Lipinski definition) is 5. The first-order chi connectivity index (χ1) is 8.59. The average Bonchev–Trinajstić information content (AvgIpc) is 2.39. The molecule has 1 saturated heterocycles. The van der Waals surface area contributed by atoms with Gasteiger partial charge in [-0.15, -0.1) is 0 Å². The van der Waals surface area contributed by atoms with Gasteiger partial charge in [0.1, 0.15) is 5.25 Å². The molecule has 1 aromatic rings. The van der Waals surface area contributed by atoms with E-state index in [9.17, 15) is 8.42 Å². The van der Waals surface area contributed by atoms with Crippen LogP contribution >= 0.6 is 0 Å². The van der Waals surface area contributed by atoms with Crippen molar-refractivity contribution in [1.82, 2.24) is 20.0 Å². The lowest BCUT2D eigenvalue weighted by molar-refractivity contribution is 0.425. The van der Waals surface area contributed by atoms with Crippen LogP contribution in [0.5, 0.6) is 0 Å². The number of piperidine rings is 1. The smallest absolute Gasteiger partial charge is 0.220 e. The minimum Gasteiger partial charge on any atom is -0.317 e. The molecule has 0 aromatic carbocycles. The van der Waals surface area contributed by atoms with Crippen LogP contribution in [0.15, 0.2) is 18.6 Å². The van der Waals surface area contributed by atoms with Gasteiger partial charge in [0.05, 0.1) is 5.69 Å². The highest BCUT2D eigenvalue weighted by Crippen LogP contribution is 2.19. The molecule has 0 saturated carbocycles.